The Labute approximate surface area is 143 Å². The van der Waals surface area contributed by atoms with E-state index in [0.29, 0.717) is 5.56 Å². The average Bonchev–Trinajstić information content (AvgIpc) is 2.55. The summed E-state index contributed by atoms with van der Waals surface area (Å²) in [6.45, 7) is 1.58. The maximum absolute atomic E-state index is 12.5. The molecule has 2 rings (SSSR count). The molecule has 0 atom stereocenters. The lowest BCUT2D eigenvalue weighted by atomic mass is 10.1. The van der Waals surface area contributed by atoms with Crippen molar-refractivity contribution in [3.05, 3.63) is 57.6 Å². The predicted molar refractivity (Wildman–Crippen MR) is 86.0 cm³/mol. The zero-order valence-corrected chi connectivity index (χ0v) is 14.0. The highest BCUT2D eigenvalue weighted by Crippen LogP contribution is 2.30. The van der Waals surface area contributed by atoms with Gasteiger partial charge in [-0.15, -0.1) is 0 Å². The number of nitrogens with one attached hydrogen (secondary N) is 1. The molecule has 0 aromatic heterocycles. The molecule has 0 aliphatic heterocycles. The molecule has 9 nitrogen and oxygen atoms in total. The topological polar surface area (TPSA) is 139 Å². The molecule has 2 aromatic carbocycles. The standard InChI is InChI=1S/C15H14N2O7S/c1-9-3-4-10(15(18)19)7-12(9)16-25(22,23)11-5-6-14(24-2)13(8-11)17(20)21/h3-8,16H,1-2H3,(H,18,19)/p-1. The van der Waals surface area contributed by atoms with Gasteiger partial charge in [-0.3, -0.25) is 14.8 Å². The molecule has 0 aliphatic rings. The van der Waals surface area contributed by atoms with Gasteiger partial charge in [0.1, 0.15) is 0 Å². The van der Waals surface area contributed by atoms with Crippen LogP contribution in [-0.4, -0.2) is 26.4 Å². The van der Waals surface area contributed by atoms with Crippen LogP contribution in [0.5, 0.6) is 5.75 Å². The molecular weight excluding hydrogens is 352 g/mol. The molecule has 0 amide bonds. The second-order valence-electron chi connectivity index (χ2n) is 5.01. The fourth-order valence-electron chi connectivity index (χ4n) is 2.04. The molecular formula is C15H13N2O7S-. The van der Waals surface area contributed by atoms with E-state index in [1.807, 2.05) is 0 Å². The molecule has 1 N–H and O–H groups in total. The Morgan fingerprint density at radius 2 is 1.88 bits per heavy atom. The van der Waals surface area contributed by atoms with Gasteiger partial charge >= 0.3 is 5.69 Å². The summed E-state index contributed by atoms with van der Waals surface area (Å²) >= 11 is 0. The average molecular weight is 365 g/mol. The lowest BCUT2D eigenvalue weighted by molar-refractivity contribution is -0.386. The largest absolute Gasteiger partial charge is 0.545 e. The first-order chi connectivity index (χ1) is 11.7. The third-order valence-electron chi connectivity index (χ3n) is 3.37. The number of carbonyl (C=O) groups is 1. The minimum absolute atomic E-state index is 0.0279. The summed E-state index contributed by atoms with van der Waals surface area (Å²) in [5.41, 5.74) is -0.216. The van der Waals surface area contributed by atoms with Gasteiger partial charge in [0.15, 0.2) is 5.75 Å². The number of nitrogens with zero attached hydrogens (tertiary/aromatic N) is 1. The third-order valence-corrected chi connectivity index (χ3v) is 4.74. The normalized spacial score (nSPS) is 11.0. The number of methoxy groups -OCH3 is 1. The maximum Gasteiger partial charge on any atom is 0.312 e. The van der Waals surface area contributed by atoms with Gasteiger partial charge in [-0.05, 0) is 36.2 Å². The molecule has 0 heterocycles. The predicted octanol–water partition coefficient (Wildman–Crippen LogP) is 1.08. The summed E-state index contributed by atoms with van der Waals surface area (Å²) in [5, 5.41) is 21.9. The number of hydrogen-bond donors (Lipinski definition) is 1. The first kappa shape index (κ1) is 18.2. The highest BCUT2D eigenvalue weighted by atomic mass is 32.2. The first-order valence-electron chi connectivity index (χ1n) is 6.83. The summed E-state index contributed by atoms with van der Waals surface area (Å²) in [4.78, 5) is 20.8. The van der Waals surface area contributed by atoms with Crippen molar-refractivity contribution in [2.24, 2.45) is 0 Å². The van der Waals surface area contributed by atoms with Crippen molar-refractivity contribution in [3.63, 3.8) is 0 Å². The van der Waals surface area contributed by atoms with Crippen LogP contribution in [0.3, 0.4) is 0 Å². The number of carboxylic acid groups (broad SMARTS) is 1. The van der Waals surface area contributed by atoms with Crippen molar-refractivity contribution in [3.8, 4) is 5.75 Å². The Balaban J connectivity index is 2.47. The minimum Gasteiger partial charge on any atom is -0.545 e. The summed E-state index contributed by atoms with van der Waals surface area (Å²) in [7, 11) is -2.96. The molecule has 132 valence electrons. The van der Waals surface area contributed by atoms with Gasteiger partial charge < -0.3 is 14.6 Å². The molecule has 0 fully saturated rings. The fourth-order valence-corrected chi connectivity index (χ4v) is 3.18. The van der Waals surface area contributed by atoms with Crippen LogP contribution in [0.1, 0.15) is 15.9 Å². The number of hydrogen-bond acceptors (Lipinski definition) is 7. The molecule has 2 aromatic rings. The van der Waals surface area contributed by atoms with Crippen molar-refractivity contribution in [2.75, 3.05) is 11.8 Å². The van der Waals surface area contributed by atoms with Crippen LogP contribution >= 0.6 is 0 Å². The van der Waals surface area contributed by atoms with Gasteiger partial charge in [0.2, 0.25) is 0 Å². The van der Waals surface area contributed by atoms with E-state index in [-0.39, 0.29) is 21.9 Å². The molecule has 25 heavy (non-hydrogen) atoms. The van der Waals surface area contributed by atoms with Gasteiger partial charge in [-0.25, -0.2) is 8.42 Å². The smallest absolute Gasteiger partial charge is 0.312 e. The Morgan fingerprint density at radius 3 is 2.44 bits per heavy atom. The van der Waals surface area contributed by atoms with Crippen LogP contribution in [0, 0.1) is 17.0 Å². The number of carboxylic acids is 1. The quantitative estimate of drug-likeness (QED) is 0.597. The Bertz CT molecular complexity index is 954. The van der Waals surface area contributed by atoms with E-state index in [9.17, 15) is 28.4 Å². The highest BCUT2D eigenvalue weighted by molar-refractivity contribution is 7.92. The van der Waals surface area contributed by atoms with Crippen LogP contribution in [0.15, 0.2) is 41.3 Å². The van der Waals surface area contributed by atoms with E-state index in [2.05, 4.69) is 4.72 Å². The van der Waals surface area contributed by atoms with Gasteiger partial charge in [0.05, 0.1) is 28.6 Å². The molecule has 0 unspecified atom stereocenters. The number of aromatic carboxylic acids is 1. The zero-order valence-electron chi connectivity index (χ0n) is 13.2. The zero-order chi connectivity index (χ0) is 18.8. The molecule has 0 spiro atoms. The fraction of sp³-hybridized carbons (Fsp3) is 0.133. The number of benzene rings is 2. The number of sulfonamides is 1. The molecule has 10 heteroatoms. The van der Waals surface area contributed by atoms with Gasteiger partial charge in [-0.1, -0.05) is 12.1 Å². The molecule has 0 saturated heterocycles. The van der Waals surface area contributed by atoms with Crippen molar-refractivity contribution >= 4 is 27.4 Å². The van der Waals surface area contributed by atoms with Crippen molar-refractivity contribution in [1.29, 1.82) is 0 Å². The SMILES string of the molecule is COc1ccc(S(=O)(=O)Nc2cc(C(=O)[O-])ccc2C)cc1[N+](=O)[O-]. The molecule has 0 radical (unpaired) electrons. The molecule has 0 aliphatic carbocycles. The summed E-state index contributed by atoms with van der Waals surface area (Å²) < 4.78 is 32.0. The number of anilines is 1. The van der Waals surface area contributed by atoms with Crippen molar-refractivity contribution < 1.29 is 28.0 Å². The number of carbonyl (C=O) groups excluding carboxylic acids is 1. The van der Waals surface area contributed by atoms with E-state index in [0.717, 1.165) is 24.3 Å². The van der Waals surface area contributed by atoms with Crippen molar-refractivity contribution in [2.45, 2.75) is 11.8 Å². The maximum atomic E-state index is 12.5. The number of nitro groups is 1. The van der Waals surface area contributed by atoms with E-state index in [1.54, 1.807) is 6.92 Å². The van der Waals surface area contributed by atoms with Gasteiger partial charge in [0.25, 0.3) is 10.0 Å². The lowest BCUT2D eigenvalue weighted by Crippen LogP contribution is -2.22. The number of rotatable bonds is 6. The van der Waals surface area contributed by atoms with Crippen molar-refractivity contribution in [1.82, 2.24) is 0 Å². The van der Waals surface area contributed by atoms with Crippen LogP contribution in [0.4, 0.5) is 11.4 Å². The van der Waals surface area contributed by atoms with Crippen LogP contribution in [0.25, 0.3) is 0 Å². The highest BCUT2D eigenvalue weighted by Gasteiger charge is 2.22. The summed E-state index contributed by atoms with van der Waals surface area (Å²) in [5.74, 6) is -1.54. The van der Waals surface area contributed by atoms with E-state index < -0.39 is 26.6 Å². The van der Waals surface area contributed by atoms with Crippen LogP contribution < -0.4 is 14.6 Å². The number of nitro benzene ring substituents is 1. The minimum atomic E-state index is -4.18. The second-order valence-corrected chi connectivity index (χ2v) is 6.70. The van der Waals surface area contributed by atoms with E-state index in [4.69, 9.17) is 4.74 Å². The van der Waals surface area contributed by atoms with Crippen LogP contribution in [-0.2, 0) is 10.0 Å². The van der Waals surface area contributed by atoms with Crippen LogP contribution in [0.2, 0.25) is 0 Å². The van der Waals surface area contributed by atoms with Gasteiger partial charge in [0, 0.05) is 6.07 Å². The Hall–Kier alpha value is -3.14. The number of ether oxygens (including phenoxy) is 1. The third kappa shape index (κ3) is 3.86. The van der Waals surface area contributed by atoms with Gasteiger partial charge in [-0.2, -0.15) is 0 Å². The second kappa shape index (κ2) is 6.77. The van der Waals surface area contributed by atoms with E-state index in [1.165, 1.54) is 19.2 Å². The Morgan fingerprint density at radius 1 is 1.20 bits per heavy atom. The number of aryl methyl sites for hydroxylation is 1. The van der Waals surface area contributed by atoms with E-state index >= 15 is 0 Å². The summed E-state index contributed by atoms with van der Waals surface area (Å²) in [6.07, 6.45) is 0. The monoisotopic (exact) mass is 365 g/mol. The molecule has 0 saturated carbocycles. The lowest BCUT2D eigenvalue weighted by Gasteiger charge is -2.13. The summed E-state index contributed by atoms with van der Waals surface area (Å²) in [6, 6.07) is 6.97. The Kier molecular flexibility index (Phi) is 4.93. The molecule has 0 bridgehead atoms. The first-order valence-corrected chi connectivity index (χ1v) is 8.31.